The minimum absolute atomic E-state index is 0. The van der Waals surface area contributed by atoms with Crippen LogP contribution >= 0.6 is 14.9 Å². The zero-order chi connectivity index (χ0) is 44.5. The molecule has 4 aromatic rings. The minimum atomic E-state index is -1.58. The van der Waals surface area contributed by atoms with Gasteiger partial charge in [-0.05, 0) is 54.5 Å². The molecule has 0 amide bonds. The van der Waals surface area contributed by atoms with Crippen molar-refractivity contribution in [1.82, 2.24) is 0 Å². The Labute approximate surface area is 386 Å². The monoisotopic (exact) mass is 1070 g/mol. The Balaban J connectivity index is 0.000000769. The predicted octanol–water partition coefficient (Wildman–Crippen LogP) is 15.5. The molecule has 0 spiro atoms. The van der Waals surface area contributed by atoms with E-state index in [0.29, 0.717) is 33.2 Å². The summed E-state index contributed by atoms with van der Waals surface area (Å²) in [4.78, 5) is 0. The average molecular weight is 1070 g/mol. The SMILES string of the molecule is C[Si](C)(C)P(c1ccccc1)c1ccccc1.C[Si](C)(C)P(c1ccccc1)c1ccccc1.[C-]#C[Si](C(C)C)(C(C)C)C(C)C.[C-]#C[Si](C(C)C)(C(C)C)C(C)C.[Pt+2]. The molecule has 0 aliphatic carbocycles. The molecule has 0 N–H and O–H groups in total. The first-order valence-corrected chi connectivity index (χ1v) is 37.5. The third kappa shape index (κ3) is 16.6. The van der Waals surface area contributed by atoms with Crippen molar-refractivity contribution in [3.05, 3.63) is 134 Å². The van der Waals surface area contributed by atoms with Gasteiger partial charge in [0.2, 0.25) is 0 Å². The second-order valence-corrected chi connectivity index (χ2v) is 53.4. The molecule has 0 saturated heterocycles. The van der Waals surface area contributed by atoms with Gasteiger partial charge in [0.25, 0.3) is 0 Å². The second kappa shape index (κ2) is 26.8. The summed E-state index contributed by atoms with van der Waals surface area (Å²) in [5.41, 5.74) is 9.61. The van der Waals surface area contributed by atoms with Crippen molar-refractivity contribution in [2.45, 2.75) is 156 Å². The first-order valence-electron chi connectivity index (χ1n) is 21.6. The van der Waals surface area contributed by atoms with Crippen LogP contribution < -0.4 is 21.2 Å². The Morgan fingerprint density at radius 1 is 0.339 bits per heavy atom. The summed E-state index contributed by atoms with van der Waals surface area (Å²) in [6, 6.07) is 44.0. The van der Waals surface area contributed by atoms with Crippen LogP contribution in [0.5, 0.6) is 0 Å². The Bertz CT molecular complexity index is 1530. The maximum absolute atomic E-state index is 7.51. The van der Waals surface area contributed by atoms with Crippen molar-refractivity contribution < 1.29 is 21.1 Å². The Kier molecular flexibility index (Phi) is 26.1. The molecular weight excluding hydrogens is 994 g/mol. The zero-order valence-corrected chi connectivity index (χ0v) is 48.3. The molecule has 4 aromatic carbocycles. The van der Waals surface area contributed by atoms with Gasteiger partial charge in [-0.25, -0.2) is 0 Å². The fourth-order valence-corrected chi connectivity index (χ4v) is 35.4. The van der Waals surface area contributed by atoms with Crippen molar-refractivity contribution in [3.63, 3.8) is 0 Å². The van der Waals surface area contributed by atoms with E-state index in [1.54, 1.807) is 0 Å². The van der Waals surface area contributed by atoms with E-state index in [1.165, 1.54) is 21.2 Å². The van der Waals surface area contributed by atoms with Gasteiger partial charge in [0.05, 0.1) is 31.6 Å². The summed E-state index contributed by atoms with van der Waals surface area (Å²) >= 11 is 0. The molecule has 0 unspecified atom stereocenters. The third-order valence-electron chi connectivity index (χ3n) is 11.6. The first-order chi connectivity index (χ1) is 27.0. The number of hydrogen-bond acceptors (Lipinski definition) is 0. The zero-order valence-electron chi connectivity index (χ0n) is 40.2. The summed E-state index contributed by atoms with van der Waals surface area (Å²) in [6.45, 7) is 41.8. The van der Waals surface area contributed by atoms with Gasteiger partial charge >= 0.3 is 21.1 Å². The maximum atomic E-state index is 7.51. The Morgan fingerprint density at radius 2 is 0.492 bits per heavy atom. The molecule has 0 nitrogen and oxygen atoms in total. The van der Waals surface area contributed by atoms with Gasteiger partial charge in [-0.15, -0.1) is 0 Å². The average Bonchev–Trinajstić information content (AvgIpc) is 3.13. The molecule has 324 valence electrons. The van der Waals surface area contributed by atoms with Gasteiger partial charge < -0.3 is 23.9 Å². The standard InChI is InChI=1S/2C15H19PSi.2C11H21Si.Pt/c2*1-17(2,3)16(14-10-6-4-7-11-14)15-12-8-5-9-13-15;2*1-8-12(9(2)3,10(4)5)11(6)7;/h2*4-13H,1-3H3;2*9-11H,2-7H3;/q;;2*-1;+2. The van der Waals surface area contributed by atoms with Crippen LogP contribution in [-0.4, -0.2) is 31.6 Å². The van der Waals surface area contributed by atoms with Crippen LogP contribution in [0.3, 0.4) is 0 Å². The summed E-state index contributed by atoms with van der Waals surface area (Å²) in [7, 11) is -5.88. The van der Waals surface area contributed by atoms with Gasteiger partial charge in [-0.2, -0.15) is 0 Å². The largest absolute Gasteiger partial charge is 2.00 e. The van der Waals surface area contributed by atoms with E-state index in [2.05, 4.69) is 255 Å². The van der Waals surface area contributed by atoms with Crippen molar-refractivity contribution in [2.24, 2.45) is 0 Å². The maximum Gasteiger partial charge on any atom is 2.00 e. The van der Waals surface area contributed by atoms with Crippen LogP contribution in [0.1, 0.15) is 83.1 Å². The minimum Gasteiger partial charge on any atom is -0.701 e. The number of rotatable bonds is 12. The predicted molar refractivity (Wildman–Crippen MR) is 281 cm³/mol. The van der Waals surface area contributed by atoms with E-state index in [0.717, 1.165) is 0 Å². The van der Waals surface area contributed by atoms with Crippen LogP contribution in [-0.2, 0) is 21.1 Å². The van der Waals surface area contributed by atoms with Crippen LogP contribution in [0.25, 0.3) is 0 Å². The van der Waals surface area contributed by atoms with Gasteiger partial charge in [-0.1, -0.05) is 259 Å². The normalized spacial score (nSPS) is 11.9. The number of hydrogen-bond donors (Lipinski definition) is 0. The van der Waals surface area contributed by atoms with E-state index in [4.69, 9.17) is 12.8 Å². The van der Waals surface area contributed by atoms with Crippen molar-refractivity contribution >= 4 is 67.8 Å². The molecule has 0 bridgehead atoms. The van der Waals surface area contributed by atoms with Crippen LogP contribution in [0.2, 0.25) is 72.5 Å². The molecular formula is C52H80P2PtSi4. The molecule has 0 saturated carbocycles. The summed E-state index contributed by atoms with van der Waals surface area (Å²) in [5.74, 6) is 0. The van der Waals surface area contributed by atoms with E-state index in [-0.39, 0.29) is 36.0 Å². The number of benzene rings is 4. The smallest absolute Gasteiger partial charge is 0.701 e. The topological polar surface area (TPSA) is 0 Å². The fourth-order valence-electron chi connectivity index (χ4n) is 9.02. The molecule has 4 rings (SSSR count). The van der Waals surface area contributed by atoms with Gasteiger partial charge in [0, 0.05) is 0 Å². The Hall–Kier alpha value is -1.58. The van der Waals surface area contributed by atoms with E-state index < -0.39 is 31.6 Å². The molecule has 0 aliphatic rings. The van der Waals surface area contributed by atoms with Crippen molar-refractivity contribution in [2.75, 3.05) is 0 Å². The summed E-state index contributed by atoms with van der Waals surface area (Å²) in [5, 5.41) is 6.08. The fraction of sp³-hybridized carbons (Fsp3) is 0.462. The van der Waals surface area contributed by atoms with Gasteiger partial charge in [0.1, 0.15) is 0 Å². The quantitative estimate of drug-likeness (QED) is 0.0574. The van der Waals surface area contributed by atoms with Gasteiger partial charge in [-0.3, -0.25) is 0 Å². The van der Waals surface area contributed by atoms with Crippen LogP contribution in [0.15, 0.2) is 121 Å². The summed E-state index contributed by atoms with van der Waals surface area (Å²) in [6.07, 6.45) is 15.0. The second-order valence-electron chi connectivity index (χ2n) is 19.4. The van der Waals surface area contributed by atoms with Crippen molar-refractivity contribution in [1.29, 1.82) is 0 Å². The molecule has 0 heterocycles. The van der Waals surface area contributed by atoms with Crippen LogP contribution in [0, 0.1) is 23.9 Å². The van der Waals surface area contributed by atoms with E-state index in [9.17, 15) is 0 Å². The Morgan fingerprint density at radius 3 is 0.576 bits per heavy atom. The summed E-state index contributed by atoms with van der Waals surface area (Å²) < 4.78 is 0. The molecule has 0 fully saturated rings. The van der Waals surface area contributed by atoms with E-state index in [1.807, 2.05) is 0 Å². The molecule has 59 heavy (non-hydrogen) atoms. The molecule has 0 radical (unpaired) electrons. The van der Waals surface area contributed by atoms with Crippen molar-refractivity contribution in [3.8, 4) is 11.1 Å². The third-order valence-corrected chi connectivity index (χ3v) is 41.0. The molecule has 7 heteroatoms. The van der Waals surface area contributed by atoms with Gasteiger partial charge in [0.15, 0.2) is 0 Å². The molecule has 0 aromatic heterocycles. The van der Waals surface area contributed by atoms with Crippen LogP contribution in [0.4, 0.5) is 0 Å². The molecule has 0 atom stereocenters. The molecule has 0 aliphatic heterocycles. The first kappa shape index (κ1) is 57.4. The van der Waals surface area contributed by atoms with E-state index >= 15 is 0 Å².